The Labute approximate surface area is 59.3 Å². The number of rotatable bonds is 1. The molecule has 0 atom stereocenters. The van der Waals surface area contributed by atoms with Crippen molar-refractivity contribution in [2.24, 2.45) is 7.05 Å². The van der Waals surface area contributed by atoms with Crippen LogP contribution in [0.1, 0.15) is 5.82 Å². The van der Waals surface area contributed by atoms with Gasteiger partial charge in [0.05, 0.1) is 5.59 Å². The second-order valence-electron chi connectivity index (χ2n) is 2.16. The molecular formula is C5H9BN2O2. The van der Waals surface area contributed by atoms with E-state index in [1.54, 1.807) is 18.5 Å². The van der Waals surface area contributed by atoms with Crippen molar-refractivity contribution in [3.63, 3.8) is 0 Å². The summed E-state index contributed by atoms with van der Waals surface area (Å²) >= 11 is 0. The van der Waals surface area contributed by atoms with Crippen molar-refractivity contribution >= 4 is 12.7 Å². The molecule has 1 aromatic rings. The van der Waals surface area contributed by atoms with Crippen LogP contribution in [-0.2, 0) is 7.05 Å². The standard InChI is InChI=1S/C5H9BN2O2/c1-4-7-3-5(6(9)10)8(4)2/h3,9-10H,1-2H3. The highest BCUT2D eigenvalue weighted by molar-refractivity contribution is 6.57. The minimum atomic E-state index is -1.42. The van der Waals surface area contributed by atoms with Crippen LogP contribution in [0.15, 0.2) is 6.20 Å². The van der Waals surface area contributed by atoms with E-state index in [1.807, 2.05) is 0 Å². The van der Waals surface area contributed by atoms with Crippen LogP contribution in [0.4, 0.5) is 0 Å². The van der Waals surface area contributed by atoms with E-state index in [-0.39, 0.29) is 0 Å². The third kappa shape index (κ3) is 1.05. The van der Waals surface area contributed by atoms with Crippen LogP contribution in [0.3, 0.4) is 0 Å². The van der Waals surface area contributed by atoms with Crippen LogP contribution >= 0.6 is 0 Å². The van der Waals surface area contributed by atoms with Crippen LogP contribution in [-0.4, -0.2) is 26.7 Å². The van der Waals surface area contributed by atoms with Crippen LogP contribution in [0.2, 0.25) is 0 Å². The van der Waals surface area contributed by atoms with E-state index in [1.165, 1.54) is 6.20 Å². The second-order valence-corrected chi connectivity index (χ2v) is 2.16. The average molecular weight is 140 g/mol. The van der Waals surface area contributed by atoms with E-state index < -0.39 is 7.12 Å². The van der Waals surface area contributed by atoms with Gasteiger partial charge in [-0.2, -0.15) is 0 Å². The third-order valence-electron chi connectivity index (χ3n) is 1.52. The number of nitrogens with zero attached hydrogens (tertiary/aromatic N) is 2. The SMILES string of the molecule is Cc1ncc(B(O)O)n1C. The predicted molar refractivity (Wildman–Crippen MR) is 37.8 cm³/mol. The fourth-order valence-corrected chi connectivity index (χ4v) is 0.759. The molecule has 0 fully saturated rings. The highest BCUT2D eigenvalue weighted by Gasteiger charge is 2.15. The lowest BCUT2D eigenvalue weighted by Crippen LogP contribution is -2.35. The quantitative estimate of drug-likeness (QED) is 0.462. The summed E-state index contributed by atoms with van der Waals surface area (Å²) in [7, 11) is 0.308. The Balaban J connectivity index is 3.05. The van der Waals surface area contributed by atoms with E-state index >= 15 is 0 Å². The third-order valence-corrected chi connectivity index (χ3v) is 1.52. The van der Waals surface area contributed by atoms with Crippen LogP contribution in [0.5, 0.6) is 0 Å². The lowest BCUT2D eigenvalue weighted by molar-refractivity contribution is 0.422. The van der Waals surface area contributed by atoms with Crippen molar-refractivity contribution in [2.75, 3.05) is 0 Å². The summed E-state index contributed by atoms with van der Waals surface area (Å²) in [4.78, 5) is 3.88. The molecule has 1 rings (SSSR count). The average Bonchev–Trinajstić information content (AvgIpc) is 2.14. The highest BCUT2D eigenvalue weighted by Crippen LogP contribution is 1.87. The Bertz CT molecular complexity index is 234. The summed E-state index contributed by atoms with van der Waals surface area (Å²) in [6.45, 7) is 1.80. The van der Waals surface area contributed by atoms with Crippen LogP contribution in [0.25, 0.3) is 0 Å². The summed E-state index contributed by atoms with van der Waals surface area (Å²) in [6, 6.07) is 0. The zero-order chi connectivity index (χ0) is 7.72. The molecule has 0 aliphatic rings. The molecule has 0 spiro atoms. The first-order valence-electron chi connectivity index (χ1n) is 2.97. The molecule has 0 radical (unpaired) electrons. The first-order chi connectivity index (χ1) is 4.63. The summed E-state index contributed by atoms with van der Waals surface area (Å²) in [6.07, 6.45) is 1.44. The molecule has 4 nitrogen and oxygen atoms in total. The maximum absolute atomic E-state index is 8.71. The van der Waals surface area contributed by atoms with Gasteiger partial charge in [0, 0.05) is 13.2 Å². The zero-order valence-corrected chi connectivity index (χ0v) is 5.94. The lowest BCUT2D eigenvalue weighted by Gasteiger charge is -1.99. The fraction of sp³-hybridized carbons (Fsp3) is 0.400. The van der Waals surface area contributed by atoms with Crippen molar-refractivity contribution in [3.05, 3.63) is 12.0 Å². The van der Waals surface area contributed by atoms with E-state index in [0.29, 0.717) is 5.59 Å². The van der Waals surface area contributed by atoms with Crippen LogP contribution in [0, 0.1) is 6.92 Å². The molecule has 0 amide bonds. The van der Waals surface area contributed by atoms with E-state index in [9.17, 15) is 0 Å². The van der Waals surface area contributed by atoms with Crippen molar-refractivity contribution in [1.82, 2.24) is 9.55 Å². The molecule has 10 heavy (non-hydrogen) atoms. The molecule has 0 unspecified atom stereocenters. The largest absolute Gasteiger partial charge is 0.507 e. The molecular weight excluding hydrogens is 131 g/mol. The lowest BCUT2D eigenvalue weighted by atomic mass is 9.87. The first kappa shape index (κ1) is 7.30. The van der Waals surface area contributed by atoms with Gasteiger partial charge in [0.2, 0.25) is 0 Å². The molecule has 0 saturated heterocycles. The minimum absolute atomic E-state index is 0.414. The smallest absolute Gasteiger partial charge is 0.422 e. The fourth-order valence-electron chi connectivity index (χ4n) is 0.759. The molecule has 0 saturated carbocycles. The molecule has 0 bridgehead atoms. The maximum atomic E-state index is 8.71. The Kier molecular flexibility index (Phi) is 1.78. The Morgan fingerprint density at radius 3 is 2.40 bits per heavy atom. The molecule has 0 aliphatic heterocycles. The van der Waals surface area contributed by atoms with Crippen molar-refractivity contribution in [2.45, 2.75) is 6.92 Å². The number of hydrogen-bond acceptors (Lipinski definition) is 3. The monoisotopic (exact) mass is 140 g/mol. The van der Waals surface area contributed by atoms with Gasteiger partial charge in [0.1, 0.15) is 5.82 Å². The number of aryl methyl sites for hydroxylation is 1. The van der Waals surface area contributed by atoms with Gasteiger partial charge in [-0.15, -0.1) is 0 Å². The summed E-state index contributed by atoms with van der Waals surface area (Å²) < 4.78 is 1.63. The Hall–Kier alpha value is -0.805. The van der Waals surface area contributed by atoms with Gasteiger partial charge in [0.15, 0.2) is 0 Å². The number of hydrogen-bond donors (Lipinski definition) is 2. The number of imidazole rings is 1. The first-order valence-corrected chi connectivity index (χ1v) is 2.97. The molecule has 5 heteroatoms. The summed E-state index contributed by atoms with van der Waals surface area (Å²) in [5.74, 6) is 0.767. The molecule has 1 aromatic heterocycles. The molecule has 0 aliphatic carbocycles. The Morgan fingerprint density at radius 2 is 2.20 bits per heavy atom. The topological polar surface area (TPSA) is 58.3 Å². The van der Waals surface area contributed by atoms with E-state index in [2.05, 4.69) is 4.98 Å². The molecule has 0 aromatic carbocycles. The van der Waals surface area contributed by atoms with E-state index in [4.69, 9.17) is 10.0 Å². The van der Waals surface area contributed by atoms with Gasteiger partial charge in [0.25, 0.3) is 0 Å². The van der Waals surface area contributed by atoms with Gasteiger partial charge in [-0.1, -0.05) is 0 Å². The molecule has 54 valence electrons. The van der Waals surface area contributed by atoms with Gasteiger partial charge in [-0.3, -0.25) is 0 Å². The number of aromatic nitrogens is 2. The second kappa shape index (κ2) is 2.44. The summed E-state index contributed by atoms with van der Waals surface area (Å²) in [5.41, 5.74) is 0.414. The minimum Gasteiger partial charge on any atom is -0.422 e. The van der Waals surface area contributed by atoms with Crippen molar-refractivity contribution in [1.29, 1.82) is 0 Å². The normalized spacial score (nSPS) is 10.0. The maximum Gasteiger partial charge on any atom is 0.507 e. The van der Waals surface area contributed by atoms with Gasteiger partial charge in [-0.05, 0) is 6.92 Å². The highest BCUT2D eigenvalue weighted by atomic mass is 16.4. The summed E-state index contributed by atoms with van der Waals surface area (Å²) in [5, 5.41) is 17.4. The van der Waals surface area contributed by atoms with Gasteiger partial charge < -0.3 is 14.6 Å². The predicted octanol–water partition coefficient (Wildman–Crippen LogP) is -1.59. The van der Waals surface area contributed by atoms with Crippen molar-refractivity contribution < 1.29 is 10.0 Å². The van der Waals surface area contributed by atoms with Gasteiger partial charge in [-0.25, -0.2) is 4.98 Å². The van der Waals surface area contributed by atoms with Crippen LogP contribution < -0.4 is 5.59 Å². The Morgan fingerprint density at radius 1 is 1.60 bits per heavy atom. The molecule has 1 heterocycles. The van der Waals surface area contributed by atoms with Crippen molar-refractivity contribution in [3.8, 4) is 0 Å². The zero-order valence-electron chi connectivity index (χ0n) is 5.94. The van der Waals surface area contributed by atoms with E-state index in [0.717, 1.165) is 5.82 Å². The van der Waals surface area contributed by atoms with Gasteiger partial charge >= 0.3 is 7.12 Å². The molecule has 2 N–H and O–H groups in total.